The van der Waals surface area contributed by atoms with E-state index in [0.29, 0.717) is 22.2 Å². The molecule has 0 saturated heterocycles. The van der Waals surface area contributed by atoms with Crippen molar-refractivity contribution in [1.82, 2.24) is 4.90 Å². The number of methoxy groups -OCH3 is 1. The average molecular weight is 363 g/mol. The fraction of sp³-hybridized carbons (Fsp3) is 0.222. The Morgan fingerprint density at radius 3 is 2.24 bits per heavy atom. The number of rotatable bonds is 7. The Hall–Kier alpha value is -2.73. The van der Waals surface area contributed by atoms with Crippen LogP contribution in [0.4, 0.5) is 5.69 Å². The zero-order chi connectivity index (χ0) is 18.2. The van der Waals surface area contributed by atoms with Crippen molar-refractivity contribution in [3.63, 3.8) is 0 Å². The maximum absolute atomic E-state index is 12.0. The number of hydrogen-bond acceptors (Lipinski definition) is 4. The molecule has 0 spiro atoms. The van der Waals surface area contributed by atoms with Crippen LogP contribution in [0.5, 0.6) is 11.5 Å². The number of nitrogens with zero attached hydrogens (tertiary/aromatic N) is 1. The predicted octanol–water partition coefficient (Wildman–Crippen LogP) is 2.82. The van der Waals surface area contributed by atoms with Gasteiger partial charge in [-0.15, -0.1) is 0 Å². The highest BCUT2D eigenvalue weighted by Crippen LogP contribution is 2.16. The van der Waals surface area contributed by atoms with Crippen LogP contribution in [0, 0.1) is 0 Å². The molecule has 2 rings (SSSR count). The van der Waals surface area contributed by atoms with Crippen LogP contribution in [-0.2, 0) is 9.59 Å². The quantitative estimate of drug-likeness (QED) is 0.822. The number of anilines is 1. The highest BCUT2D eigenvalue weighted by molar-refractivity contribution is 6.30. The monoisotopic (exact) mass is 362 g/mol. The van der Waals surface area contributed by atoms with Crippen LogP contribution in [0.3, 0.4) is 0 Å². The Morgan fingerprint density at radius 2 is 1.64 bits per heavy atom. The molecule has 0 aromatic heterocycles. The molecule has 0 unspecified atom stereocenters. The molecule has 0 atom stereocenters. The van der Waals surface area contributed by atoms with E-state index in [2.05, 4.69) is 5.32 Å². The summed E-state index contributed by atoms with van der Waals surface area (Å²) in [6, 6.07) is 13.6. The van der Waals surface area contributed by atoms with Crippen molar-refractivity contribution in [3.8, 4) is 11.5 Å². The van der Waals surface area contributed by atoms with Crippen LogP contribution in [0.1, 0.15) is 0 Å². The molecule has 0 radical (unpaired) electrons. The van der Waals surface area contributed by atoms with Crippen LogP contribution in [-0.4, -0.2) is 44.0 Å². The van der Waals surface area contributed by atoms with E-state index in [1.165, 1.54) is 4.90 Å². The third-order valence-electron chi connectivity index (χ3n) is 3.36. The van der Waals surface area contributed by atoms with Gasteiger partial charge in [-0.3, -0.25) is 9.59 Å². The molecule has 2 amide bonds. The van der Waals surface area contributed by atoms with Gasteiger partial charge in [-0.2, -0.15) is 0 Å². The summed E-state index contributed by atoms with van der Waals surface area (Å²) in [7, 11) is 3.11. The fourth-order valence-corrected chi connectivity index (χ4v) is 2.09. The fourth-order valence-electron chi connectivity index (χ4n) is 1.96. The summed E-state index contributed by atoms with van der Waals surface area (Å²) in [6.07, 6.45) is 0. The van der Waals surface area contributed by atoms with Gasteiger partial charge in [-0.05, 0) is 48.5 Å². The van der Waals surface area contributed by atoms with E-state index >= 15 is 0 Å². The number of hydrogen-bond donors (Lipinski definition) is 1. The molecule has 0 aliphatic heterocycles. The van der Waals surface area contributed by atoms with Crippen LogP contribution in [0.25, 0.3) is 0 Å². The number of likely N-dealkylation sites (N-methyl/N-ethyl adjacent to an activating group) is 1. The van der Waals surface area contributed by atoms with Gasteiger partial charge in [0.15, 0.2) is 6.61 Å². The van der Waals surface area contributed by atoms with Gasteiger partial charge in [-0.1, -0.05) is 11.6 Å². The van der Waals surface area contributed by atoms with Crippen LogP contribution in [0.2, 0.25) is 5.02 Å². The number of halogens is 1. The molecule has 0 aliphatic carbocycles. The smallest absolute Gasteiger partial charge is 0.260 e. The normalized spacial score (nSPS) is 10.0. The summed E-state index contributed by atoms with van der Waals surface area (Å²) in [5, 5.41) is 3.30. The zero-order valence-corrected chi connectivity index (χ0v) is 14.7. The number of ether oxygens (including phenoxy) is 2. The van der Waals surface area contributed by atoms with E-state index in [9.17, 15) is 9.59 Å². The molecule has 25 heavy (non-hydrogen) atoms. The molecular weight excluding hydrogens is 344 g/mol. The van der Waals surface area contributed by atoms with Crippen LogP contribution < -0.4 is 14.8 Å². The first-order valence-electron chi connectivity index (χ1n) is 7.54. The number of nitrogens with one attached hydrogen (secondary N) is 1. The first kappa shape index (κ1) is 18.6. The summed E-state index contributed by atoms with van der Waals surface area (Å²) in [4.78, 5) is 25.3. The number of carbonyl (C=O) groups is 2. The SMILES string of the molecule is COc1ccc(NC(=O)CN(C)C(=O)COc2ccc(Cl)cc2)cc1. The minimum Gasteiger partial charge on any atom is -0.497 e. The zero-order valence-electron chi connectivity index (χ0n) is 14.0. The van der Waals surface area contributed by atoms with Gasteiger partial charge in [-0.25, -0.2) is 0 Å². The Balaban J connectivity index is 1.78. The lowest BCUT2D eigenvalue weighted by molar-refractivity contribution is -0.135. The lowest BCUT2D eigenvalue weighted by atomic mass is 10.3. The van der Waals surface area contributed by atoms with Crippen molar-refractivity contribution in [2.45, 2.75) is 0 Å². The molecule has 0 fully saturated rings. The molecule has 7 heteroatoms. The Bertz CT molecular complexity index is 717. The van der Waals surface area contributed by atoms with Crippen molar-refractivity contribution in [1.29, 1.82) is 0 Å². The van der Waals surface area contributed by atoms with E-state index in [4.69, 9.17) is 21.1 Å². The van der Waals surface area contributed by atoms with Gasteiger partial charge in [0, 0.05) is 17.8 Å². The second-order valence-electron chi connectivity index (χ2n) is 5.27. The highest BCUT2D eigenvalue weighted by atomic mass is 35.5. The van der Waals surface area contributed by atoms with Gasteiger partial charge in [0.05, 0.1) is 13.7 Å². The molecule has 0 aliphatic rings. The average Bonchev–Trinajstić information content (AvgIpc) is 2.61. The Morgan fingerprint density at radius 1 is 1.04 bits per heavy atom. The minimum absolute atomic E-state index is 0.0746. The van der Waals surface area contributed by atoms with Crippen molar-refractivity contribution >= 4 is 29.1 Å². The molecule has 0 bridgehead atoms. The van der Waals surface area contributed by atoms with Crippen molar-refractivity contribution in [3.05, 3.63) is 53.6 Å². The minimum atomic E-state index is -0.306. The predicted molar refractivity (Wildman–Crippen MR) is 96.2 cm³/mol. The van der Waals surface area contributed by atoms with Gasteiger partial charge in [0.1, 0.15) is 11.5 Å². The lowest BCUT2D eigenvalue weighted by Gasteiger charge is -2.17. The molecule has 2 aromatic carbocycles. The summed E-state index contributed by atoms with van der Waals surface area (Å²) in [5.74, 6) is 0.630. The van der Waals surface area contributed by atoms with E-state index in [0.717, 1.165) is 0 Å². The summed E-state index contributed by atoms with van der Waals surface area (Å²) >= 11 is 5.78. The van der Waals surface area contributed by atoms with Gasteiger partial charge < -0.3 is 19.7 Å². The molecule has 6 nitrogen and oxygen atoms in total. The summed E-state index contributed by atoms with van der Waals surface area (Å²) in [6.45, 7) is -0.233. The largest absolute Gasteiger partial charge is 0.497 e. The van der Waals surface area contributed by atoms with Gasteiger partial charge in [0.2, 0.25) is 5.91 Å². The molecule has 1 N–H and O–H groups in total. The standard InChI is InChI=1S/C18H19ClN2O4/c1-21(18(23)12-25-16-7-3-13(19)4-8-16)11-17(22)20-14-5-9-15(24-2)10-6-14/h3-10H,11-12H2,1-2H3,(H,20,22). The number of amides is 2. The molecule has 2 aromatic rings. The number of carbonyl (C=O) groups excluding carboxylic acids is 2. The van der Waals surface area contributed by atoms with Crippen molar-refractivity contribution < 1.29 is 19.1 Å². The lowest BCUT2D eigenvalue weighted by Crippen LogP contribution is -2.37. The Labute approximate surface area is 151 Å². The maximum atomic E-state index is 12.0. The van der Waals surface area contributed by atoms with E-state index in [1.54, 1.807) is 62.7 Å². The van der Waals surface area contributed by atoms with Crippen LogP contribution >= 0.6 is 11.6 Å². The van der Waals surface area contributed by atoms with E-state index < -0.39 is 0 Å². The summed E-state index contributed by atoms with van der Waals surface area (Å²) in [5.41, 5.74) is 0.629. The van der Waals surface area contributed by atoms with Crippen molar-refractivity contribution in [2.24, 2.45) is 0 Å². The maximum Gasteiger partial charge on any atom is 0.260 e. The molecule has 0 heterocycles. The highest BCUT2D eigenvalue weighted by Gasteiger charge is 2.14. The Kier molecular flexibility index (Phi) is 6.65. The summed E-state index contributed by atoms with van der Waals surface area (Å²) < 4.78 is 10.4. The third-order valence-corrected chi connectivity index (χ3v) is 3.61. The first-order chi connectivity index (χ1) is 12.0. The molecule has 0 saturated carbocycles. The second-order valence-corrected chi connectivity index (χ2v) is 5.71. The third kappa shape index (κ3) is 6.00. The second kappa shape index (κ2) is 8.94. The van der Waals surface area contributed by atoms with Crippen LogP contribution in [0.15, 0.2) is 48.5 Å². The van der Waals surface area contributed by atoms with E-state index in [-0.39, 0.29) is 25.0 Å². The molecule has 132 valence electrons. The first-order valence-corrected chi connectivity index (χ1v) is 7.92. The van der Waals surface area contributed by atoms with Gasteiger partial charge >= 0.3 is 0 Å². The van der Waals surface area contributed by atoms with Crippen molar-refractivity contribution in [2.75, 3.05) is 32.6 Å². The molecular formula is C18H19ClN2O4. The van der Waals surface area contributed by atoms with Gasteiger partial charge in [0.25, 0.3) is 5.91 Å². The topological polar surface area (TPSA) is 67.9 Å². The number of benzene rings is 2. The van der Waals surface area contributed by atoms with E-state index in [1.807, 2.05) is 0 Å².